The van der Waals surface area contributed by atoms with Crippen molar-refractivity contribution in [2.75, 3.05) is 0 Å². The quantitative estimate of drug-likeness (QED) is 0.260. The number of fused-ring (bicyclic) bond motifs is 3. The molecule has 0 radical (unpaired) electrons. The molecule has 0 saturated heterocycles. The van der Waals surface area contributed by atoms with E-state index in [1.165, 1.54) is 5.56 Å². The molecule has 2 heterocycles. The number of benzene rings is 4. The molecule has 3 heteroatoms. The van der Waals surface area contributed by atoms with Gasteiger partial charge in [-0.2, -0.15) is 5.26 Å². The molecular formula is C32H23N2O+. The molecule has 0 fully saturated rings. The van der Waals surface area contributed by atoms with E-state index in [1.54, 1.807) is 0 Å². The number of nitrogens with zero attached hydrogens (tertiary/aromatic N) is 2. The highest BCUT2D eigenvalue weighted by Crippen LogP contribution is 2.41. The molecule has 6 rings (SSSR count). The minimum atomic E-state index is 0.648. The SMILES string of the molecule is Cc1ccc2c(oc3c(-c4ccc(-c5ccccc5)c(C#N)c4)cccc32)c1-c1cccc[n+]1C. The number of rotatable bonds is 3. The van der Waals surface area contributed by atoms with Gasteiger partial charge in [0.15, 0.2) is 6.20 Å². The molecule has 4 aromatic carbocycles. The Labute approximate surface area is 204 Å². The number of nitriles is 1. The first-order chi connectivity index (χ1) is 17.2. The molecule has 35 heavy (non-hydrogen) atoms. The van der Waals surface area contributed by atoms with Gasteiger partial charge in [-0.3, -0.25) is 0 Å². The van der Waals surface area contributed by atoms with Crippen molar-refractivity contribution in [2.45, 2.75) is 6.92 Å². The van der Waals surface area contributed by atoms with E-state index in [9.17, 15) is 5.26 Å². The van der Waals surface area contributed by atoms with E-state index in [0.717, 1.165) is 55.4 Å². The molecule has 6 aromatic rings. The van der Waals surface area contributed by atoms with Gasteiger partial charge < -0.3 is 4.42 Å². The fraction of sp³-hybridized carbons (Fsp3) is 0.0625. The molecule has 0 spiro atoms. The van der Waals surface area contributed by atoms with Crippen molar-refractivity contribution in [3.8, 4) is 39.6 Å². The summed E-state index contributed by atoms with van der Waals surface area (Å²) < 4.78 is 8.77. The van der Waals surface area contributed by atoms with Crippen LogP contribution in [0, 0.1) is 18.3 Å². The van der Waals surface area contributed by atoms with Crippen molar-refractivity contribution in [1.29, 1.82) is 5.26 Å². The summed E-state index contributed by atoms with van der Waals surface area (Å²) in [6.07, 6.45) is 2.05. The van der Waals surface area contributed by atoms with Gasteiger partial charge in [0, 0.05) is 28.5 Å². The Morgan fingerprint density at radius 1 is 0.714 bits per heavy atom. The van der Waals surface area contributed by atoms with Gasteiger partial charge in [-0.25, -0.2) is 4.57 Å². The van der Waals surface area contributed by atoms with Crippen LogP contribution in [0.5, 0.6) is 0 Å². The molecule has 3 nitrogen and oxygen atoms in total. The maximum absolute atomic E-state index is 9.92. The molecule has 0 atom stereocenters. The first-order valence-corrected chi connectivity index (χ1v) is 11.7. The van der Waals surface area contributed by atoms with Gasteiger partial charge in [0.1, 0.15) is 18.2 Å². The number of furan rings is 1. The lowest BCUT2D eigenvalue weighted by atomic mass is 9.94. The van der Waals surface area contributed by atoms with Crippen LogP contribution in [0.2, 0.25) is 0 Å². The maximum atomic E-state index is 9.92. The molecule has 2 aromatic heterocycles. The zero-order chi connectivity index (χ0) is 23.9. The van der Waals surface area contributed by atoms with Crippen molar-refractivity contribution in [3.63, 3.8) is 0 Å². The van der Waals surface area contributed by atoms with Crippen LogP contribution in [-0.2, 0) is 7.05 Å². The monoisotopic (exact) mass is 451 g/mol. The second-order valence-corrected chi connectivity index (χ2v) is 8.85. The van der Waals surface area contributed by atoms with Crippen molar-refractivity contribution >= 4 is 21.9 Å². The summed E-state index contributed by atoms with van der Waals surface area (Å²) in [5.41, 5.74) is 9.66. The first-order valence-electron chi connectivity index (χ1n) is 11.7. The predicted molar refractivity (Wildman–Crippen MR) is 141 cm³/mol. The van der Waals surface area contributed by atoms with Gasteiger partial charge in [0.2, 0.25) is 5.69 Å². The Balaban J connectivity index is 1.59. The molecule has 166 valence electrons. The molecule has 0 aliphatic rings. The molecule has 0 bridgehead atoms. The molecule has 0 aliphatic heterocycles. The second-order valence-electron chi connectivity index (χ2n) is 8.85. The van der Waals surface area contributed by atoms with Crippen LogP contribution in [0.4, 0.5) is 0 Å². The van der Waals surface area contributed by atoms with Crippen LogP contribution in [0.25, 0.3) is 55.4 Å². The molecular weight excluding hydrogens is 428 g/mol. The zero-order valence-electron chi connectivity index (χ0n) is 19.6. The summed E-state index contributed by atoms with van der Waals surface area (Å²) >= 11 is 0. The number of aromatic nitrogens is 1. The summed E-state index contributed by atoms with van der Waals surface area (Å²) in [6, 6.07) is 35.2. The summed E-state index contributed by atoms with van der Waals surface area (Å²) in [7, 11) is 2.05. The highest BCUT2D eigenvalue weighted by molar-refractivity contribution is 6.13. The molecule has 0 saturated carbocycles. The van der Waals surface area contributed by atoms with Gasteiger partial charge in [-0.15, -0.1) is 0 Å². The molecule has 0 unspecified atom stereocenters. The summed E-state index contributed by atoms with van der Waals surface area (Å²) in [4.78, 5) is 0. The molecule has 0 N–H and O–H groups in total. The van der Waals surface area contributed by atoms with Crippen molar-refractivity contribution < 1.29 is 8.98 Å². The topological polar surface area (TPSA) is 40.8 Å². The van der Waals surface area contributed by atoms with Gasteiger partial charge >= 0.3 is 0 Å². The van der Waals surface area contributed by atoms with E-state index in [0.29, 0.717) is 5.56 Å². The Hall–Kier alpha value is -4.68. The lowest BCUT2D eigenvalue weighted by molar-refractivity contribution is -0.660. The predicted octanol–water partition coefficient (Wildman–Crippen LogP) is 7.59. The van der Waals surface area contributed by atoms with Crippen LogP contribution >= 0.6 is 0 Å². The van der Waals surface area contributed by atoms with E-state index < -0.39 is 0 Å². The highest BCUT2D eigenvalue weighted by Gasteiger charge is 2.21. The fourth-order valence-electron chi connectivity index (χ4n) is 4.96. The van der Waals surface area contributed by atoms with Crippen LogP contribution in [0.15, 0.2) is 108 Å². The van der Waals surface area contributed by atoms with Crippen LogP contribution < -0.4 is 4.57 Å². The van der Waals surface area contributed by atoms with Crippen molar-refractivity contribution in [3.05, 3.63) is 114 Å². The standard InChI is InChI=1S/C32H23N2O/c1-21-14-16-28-27-12-8-11-26(31(27)35-32(28)30(21)29-13-6-7-18-34(29)2)23-15-17-25(24(19-23)20-33)22-9-4-3-5-10-22/h3-19H,1-2H3/q+1. The summed E-state index contributed by atoms with van der Waals surface area (Å²) in [5.74, 6) is 0. The minimum Gasteiger partial charge on any atom is -0.454 e. The summed E-state index contributed by atoms with van der Waals surface area (Å²) in [6.45, 7) is 2.12. The Kier molecular flexibility index (Phi) is 4.94. The highest BCUT2D eigenvalue weighted by atomic mass is 16.3. The van der Waals surface area contributed by atoms with E-state index in [1.807, 2.05) is 48.5 Å². The maximum Gasteiger partial charge on any atom is 0.216 e. The van der Waals surface area contributed by atoms with Gasteiger partial charge in [-0.1, -0.05) is 72.8 Å². The molecule has 0 aliphatic carbocycles. The largest absolute Gasteiger partial charge is 0.454 e. The normalized spacial score (nSPS) is 11.1. The van der Waals surface area contributed by atoms with Crippen LogP contribution in [-0.4, -0.2) is 0 Å². The van der Waals surface area contributed by atoms with Crippen molar-refractivity contribution in [1.82, 2.24) is 0 Å². The van der Waals surface area contributed by atoms with Crippen LogP contribution in [0.1, 0.15) is 11.1 Å². The second kappa shape index (κ2) is 8.27. The van der Waals surface area contributed by atoms with Gasteiger partial charge in [0.05, 0.1) is 17.2 Å². The van der Waals surface area contributed by atoms with Crippen LogP contribution in [0.3, 0.4) is 0 Å². The third-order valence-electron chi connectivity index (χ3n) is 6.72. The number of hydrogen-bond acceptors (Lipinski definition) is 2. The lowest BCUT2D eigenvalue weighted by Crippen LogP contribution is -2.30. The van der Waals surface area contributed by atoms with E-state index in [2.05, 4.69) is 79.3 Å². The van der Waals surface area contributed by atoms with Gasteiger partial charge in [0.25, 0.3) is 0 Å². The lowest BCUT2D eigenvalue weighted by Gasteiger charge is -2.08. The Morgan fingerprint density at radius 2 is 1.51 bits per heavy atom. The average molecular weight is 452 g/mol. The third kappa shape index (κ3) is 3.39. The number of hydrogen-bond donors (Lipinski definition) is 0. The number of pyridine rings is 1. The fourth-order valence-corrected chi connectivity index (χ4v) is 4.96. The van der Waals surface area contributed by atoms with Crippen molar-refractivity contribution in [2.24, 2.45) is 7.05 Å². The minimum absolute atomic E-state index is 0.648. The third-order valence-corrected chi connectivity index (χ3v) is 6.72. The van der Waals surface area contributed by atoms with E-state index >= 15 is 0 Å². The van der Waals surface area contributed by atoms with E-state index in [4.69, 9.17) is 4.42 Å². The summed E-state index contributed by atoms with van der Waals surface area (Å²) in [5, 5.41) is 12.1. The first kappa shape index (κ1) is 20.9. The number of aryl methyl sites for hydroxylation is 2. The number of para-hydroxylation sites is 1. The molecule has 0 amide bonds. The van der Waals surface area contributed by atoms with Gasteiger partial charge in [-0.05, 0) is 41.3 Å². The smallest absolute Gasteiger partial charge is 0.216 e. The van der Waals surface area contributed by atoms with E-state index in [-0.39, 0.29) is 0 Å². The Bertz CT molecular complexity index is 1770. The Morgan fingerprint density at radius 3 is 2.31 bits per heavy atom. The average Bonchev–Trinajstić information content (AvgIpc) is 3.28. The zero-order valence-corrected chi connectivity index (χ0v) is 19.6.